The maximum absolute atomic E-state index is 12.3. The molecule has 0 atom stereocenters. The Morgan fingerprint density at radius 2 is 1.79 bits per heavy atom. The molecule has 0 unspecified atom stereocenters. The summed E-state index contributed by atoms with van der Waals surface area (Å²) in [5.41, 5.74) is 2.05. The lowest BCUT2D eigenvalue weighted by molar-refractivity contribution is 0.104. The van der Waals surface area contributed by atoms with E-state index in [1.54, 1.807) is 13.2 Å². The first-order chi connectivity index (χ1) is 8.91. The minimum absolute atomic E-state index is 0.0498. The Kier molecular flexibility index (Phi) is 3.76. The minimum Gasteiger partial charge on any atom is -0.496 e. The Morgan fingerprint density at radius 3 is 2.26 bits per heavy atom. The second-order valence-electron chi connectivity index (χ2n) is 5.51. The monoisotopic (exact) mass is 274 g/mol. The normalized spacial score (nSPS) is 11.4. The van der Waals surface area contributed by atoms with Crippen molar-refractivity contribution in [2.24, 2.45) is 0 Å². The zero-order valence-corrected chi connectivity index (χ0v) is 12.5. The number of ether oxygens (including phenoxy) is 1. The number of thiophene rings is 1. The number of hydrogen-bond donors (Lipinski definition) is 0. The molecular formula is C16H18O2S. The molecule has 0 aliphatic rings. The molecular weight excluding hydrogens is 256 g/mol. The summed E-state index contributed by atoms with van der Waals surface area (Å²) in [6, 6.07) is 9.63. The number of carbonyl (C=O) groups is 1. The standard InChI is InChI=1S/C16H18O2S/c1-16(2,3)12-7-5-11(6-8-12)15(17)14-9-13(18-4)10-19-14/h5-10H,1-4H3. The molecule has 1 aromatic carbocycles. The molecule has 1 aromatic heterocycles. The van der Waals surface area contributed by atoms with E-state index in [0.29, 0.717) is 4.88 Å². The summed E-state index contributed by atoms with van der Waals surface area (Å²) in [6.45, 7) is 6.48. The molecule has 0 spiro atoms. The fraction of sp³-hybridized carbons (Fsp3) is 0.312. The lowest BCUT2D eigenvalue weighted by Crippen LogP contribution is -2.11. The third-order valence-electron chi connectivity index (χ3n) is 3.05. The predicted octanol–water partition coefficient (Wildman–Crippen LogP) is 4.29. The van der Waals surface area contributed by atoms with Crippen molar-refractivity contribution in [3.05, 3.63) is 51.7 Å². The summed E-state index contributed by atoms with van der Waals surface area (Å²) in [6.07, 6.45) is 0. The van der Waals surface area contributed by atoms with E-state index in [9.17, 15) is 4.79 Å². The number of benzene rings is 1. The van der Waals surface area contributed by atoms with E-state index >= 15 is 0 Å². The van der Waals surface area contributed by atoms with Gasteiger partial charge in [0.05, 0.1) is 12.0 Å². The van der Waals surface area contributed by atoms with Gasteiger partial charge in [0.2, 0.25) is 5.78 Å². The smallest absolute Gasteiger partial charge is 0.203 e. The highest BCUT2D eigenvalue weighted by Crippen LogP contribution is 2.26. The van der Waals surface area contributed by atoms with Crippen LogP contribution in [0.1, 0.15) is 41.6 Å². The van der Waals surface area contributed by atoms with Crippen molar-refractivity contribution in [2.45, 2.75) is 26.2 Å². The number of ketones is 1. The molecule has 0 fully saturated rings. The van der Waals surface area contributed by atoms with Crippen molar-refractivity contribution in [3.8, 4) is 5.75 Å². The SMILES string of the molecule is COc1csc(C(=O)c2ccc(C(C)(C)C)cc2)c1. The van der Waals surface area contributed by atoms with Gasteiger partial charge < -0.3 is 4.74 Å². The first-order valence-corrected chi connectivity index (χ1v) is 7.07. The molecule has 3 heteroatoms. The van der Waals surface area contributed by atoms with Crippen LogP contribution in [0.25, 0.3) is 0 Å². The summed E-state index contributed by atoms with van der Waals surface area (Å²) >= 11 is 1.41. The van der Waals surface area contributed by atoms with Crippen LogP contribution in [-0.4, -0.2) is 12.9 Å². The Bertz CT molecular complexity index is 574. The minimum atomic E-state index is 0.0498. The highest BCUT2D eigenvalue weighted by molar-refractivity contribution is 7.12. The summed E-state index contributed by atoms with van der Waals surface area (Å²) in [4.78, 5) is 13.0. The number of rotatable bonds is 3. The highest BCUT2D eigenvalue weighted by Gasteiger charge is 2.16. The van der Waals surface area contributed by atoms with Crippen LogP contribution in [-0.2, 0) is 5.41 Å². The lowest BCUT2D eigenvalue weighted by atomic mass is 9.86. The van der Waals surface area contributed by atoms with Crippen LogP contribution in [0.3, 0.4) is 0 Å². The maximum Gasteiger partial charge on any atom is 0.203 e. The fourth-order valence-electron chi connectivity index (χ4n) is 1.81. The van der Waals surface area contributed by atoms with E-state index in [-0.39, 0.29) is 11.2 Å². The Labute approximate surface area is 118 Å². The Morgan fingerprint density at radius 1 is 1.16 bits per heavy atom. The zero-order chi connectivity index (χ0) is 14.0. The van der Waals surface area contributed by atoms with Crippen LogP contribution in [0.15, 0.2) is 35.7 Å². The molecule has 0 saturated carbocycles. The van der Waals surface area contributed by atoms with Crippen molar-refractivity contribution in [3.63, 3.8) is 0 Å². The van der Waals surface area contributed by atoms with Gasteiger partial charge >= 0.3 is 0 Å². The summed E-state index contributed by atoms with van der Waals surface area (Å²) in [5, 5.41) is 1.84. The van der Waals surface area contributed by atoms with Crippen LogP contribution in [0, 0.1) is 0 Å². The highest BCUT2D eigenvalue weighted by atomic mass is 32.1. The van der Waals surface area contributed by atoms with Gasteiger partial charge in [-0.2, -0.15) is 0 Å². The van der Waals surface area contributed by atoms with Crippen LogP contribution >= 0.6 is 11.3 Å². The van der Waals surface area contributed by atoms with Crippen LogP contribution in [0.5, 0.6) is 5.75 Å². The second kappa shape index (κ2) is 5.17. The number of hydrogen-bond acceptors (Lipinski definition) is 3. The molecule has 0 bridgehead atoms. The number of carbonyl (C=O) groups excluding carboxylic acids is 1. The third-order valence-corrected chi connectivity index (χ3v) is 3.96. The van der Waals surface area contributed by atoms with Gasteiger partial charge in [-0.15, -0.1) is 11.3 Å². The molecule has 0 aliphatic heterocycles. The molecule has 0 saturated heterocycles. The molecule has 0 amide bonds. The molecule has 2 aromatic rings. The molecule has 2 nitrogen and oxygen atoms in total. The van der Waals surface area contributed by atoms with Gasteiger partial charge in [0, 0.05) is 17.0 Å². The Hall–Kier alpha value is -1.61. The number of methoxy groups -OCH3 is 1. The van der Waals surface area contributed by atoms with E-state index in [4.69, 9.17) is 4.74 Å². The predicted molar refractivity (Wildman–Crippen MR) is 79.4 cm³/mol. The largest absolute Gasteiger partial charge is 0.496 e. The molecule has 100 valence electrons. The van der Waals surface area contributed by atoms with Gasteiger partial charge in [-0.05, 0) is 11.0 Å². The van der Waals surface area contributed by atoms with Crippen molar-refractivity contribution in [1.29, 1.82) is 0 Å². The van der Waals surface area contributed by atoms with Crippen molar-refractivity contribution < 1.29 is 9.53 Å². The fourth-order valence-corrected chi connectivity index (χ4v) is 2.63. The van der Waals surface area contributed by atoms with E-state index in [1.165, 1.54) is 16.9 Å². The summed E-state index contributed by atoms with van der Waals surface area (Å²) in [5.74, 6) is 0.786. The maximum atomic E-state index is 12.3. The van der Waals surface area contributed by atoms with Gasteiger partial charge in [-0.1, -0.05) is 45.0 Å². The lowest BCUT2D eigenvalue weighted by Gasteiger charge is -2.18. The van der Waals surface area contributed by atoms with Crippen LogP contribution in [0.2, 0.25) is 0 Å². The van der Waals surface area contributed by atoms with E-state index in [2.05, 4.69) is 20.8 Å². The van der Waals surface area contributed by atoms with E-state index in [1.807, 2.05) is 29.6 Å². The van der Waals surface area contributed by atoms with Gasteiger partial charge in [-0.25, -0.2) is 0 Å². The molecule has 1 heterocycles. The summed E-state index contributed by atoms with van der Waals surface area (Å²) in [7, 11) is 1.61. The molecule has 0 N–H and O–H groups in total. The summed E-state index contributed by atoms with van der Waals surface area (Å²) < 4.78 is 5.10. The first-order valence-electron chi connectivity index (χ1n) is 6.19. The van der Waals surface area contributed by atoms with Crippen molar-refractivity contribution >= 4 is 17.1 Å². The van der Waals surface area contributed by atoms with Gasteiger partial charge in [0.15, 0.2) is 0 Å². The van der Waals surface area contributed by atoms with Gasteiger partial charge in [0.25, 0.3) is 0 Å². The molecule has 0 radical (unpaired) electrons. The molecule has 2 rings (SSSR count). The topological polar surface area (TPSA) is 26.3 Å². The second-order valence-corrected chi connectivity index (χ2v) is 6.42. The van der Waals surface area contributed by atoms with Crippen LogP contribution < -0.4 is 4.74 Å². The van der Waals surface area contributed by atoms with Gasteiger partial charge in [-0.3, -0.25) is 4.79 Å². The molecule has 0 aliphatic carbocycles. The quantitative estimate of drug-likeness (QED) is 0.781. The zero-order valence-electron chi connectivity index (χ0n) is 11.7. The average molecular weight is 274 g/mol. The van der Waals surface area contributed by atoms with Gasteiger partial charge in [0.1, 0.15) is 5.75 Å². The Balaban J connectivity index is 2.25. The van der Waals surface area contributed by atoms with E-state index < -0.39 is 0 Å². The molecule has 19 heavy (non-hydrogen) atoms. The van der Waals surface area contributed by atoms with Crippen molar-refractivity contribution in [2.75, 3.05) is 7.11 Å². The third kappa shape index (κ3) is 3.04. The van der Waals surface area contributed by atoms with Crippen LogP contribution in [0.4, 0.5) is 0 Å². The van der Waals surface area contributed by atoms with E-state index in [0.717, 1.165) is 11.3 Å². The first kappa shape index (κ1) is 13.8. The van der Waals surface area contributed by atoms with Crippen molar-refractivity contribution in [1.82, 2.24) is 0 Å². The average Bonchev–Trinajstić information content (AvgIpc) is 2.86.